The number of benzene rings is 2. The molecule has 0 aliphatic heterocycles. The molecule has 0 saturated carbocycles. The average Bonchev–Trinajstić information content (AvgIpc) is 3.13. The zero-order valence-corrected chi connectivity index (χ0v) is 19.2. The second-order valence-corrected chi connectivity index (χ2v) is 8.99. The summed E-state index contributed by atoms with van der Waals surface area (Å²) in [6, 6.07) is 13.6. The van der Waals surface area contributed by atoms with Crippen LogP contribution in [0.4, 0.5) is 5.69 Å². The molecular weight excluding hydrogens is 450 g/mol. The van der Waals surface area contributed by atoms with Crippen molar-refractivity contribution in [3.8, 4) is 11.4 Å². The molecular formula is C23H20ClN3O4S. The number of rotatable bonds is 5. The third kappa shape index (κ3) is 4.06. The maximum Gasteiger partial charge on any atom is 0.337 e. The van der Waals surface area contributed by atoms with Gasteiger partial charge in [0.2, 0.25) is 5.91 Å². The fourth-order valence-electron chi connectivity index (χ4n) is 3.51. The molecule has 0 saturated heterocycles. The topological polar surface area (TPSA) is 82.3 Å². The van der Waals surface area contributed by atoms with Crippen LogP contribution in [-0.2, 0) is 11.3 Å². The van der Waals surface area contributed by atoms with Gasteiger partial charge in [-0.25, -0.2) is 9.36 Å². The van der Waals surface area contributed by atoms with Gasteiger partial charge < -0.3 is 10.1 Å². The van der Waals surface area contributed by atoms with Crippen molar-refractivity contribution in [1.82, 2.24) is 9.13 Å². The Morgan fingerprint density at radius 3 is 2.62 bits per heavy atom. The lowest BCUT2D eigenvalue weighted by Gasteiger charge is -2.14. The number of carbonyl (C=O) groups is 1. The number of amides is 1. The van der Waals surface area contributed by atoms with Crippen LogP contribution in [-0.4, -0.2) is 22.2 Å². The van der Waals surface area contributed by atoms with Gasteiger partial charge in [0.25, 0.3) is 5.56 Å². The number of fused-ring (bicyclic) bond motifs is 1. The molecule has 0 aliphatic rings. The monoisotopic (exact) mass is 469 g/mol. The standard InChI is InChI=1S/C23H20ClN3O4S/c1-13-7-8-19(31-3)18(9-13)25-20(28)12-26-22-17(10-14(2)32-22)21(29)27(23(26)30)16-6-4-5-15(24)11-16/h4-11H,12H2,1-3H3,(H,25,28). The summed E-state index contributed by atoms with van der Waals surface area (Å²) in [7, 11) is 1.52. The van der Waals surface area contributed by atoms with Crippen LogP contribution < -0.4 is 21.3 Å². The Morgan fingerprint density at radius 1 is 1.12 bits per heavy atom. The van der Waals surface area contributed by atoms with Gasteiger partial charge in [0, 0.05) is 9.90 Å². The van der Waals surface area contributed by atoms with Crippen molar-refractivity contribution in [2.75, 3.05) is 12.4 Å². The molecule has 0 unspecified atom stereocenters. The molecule has 4 aromatic rings. The molecule has 32 heavy (non-hydrogen) atoms. The number of hydrogen-bond acceptors (Lipinski definition) is 5. The number of halogens is 1. The lowest BCUT2D eigenvalue weighted by Crippen LogP contribution is -2.40. The molecule has 0 fully saturated rings. The van der Waals surface area contributed by atoms with Crippen molar-refractivity contribution < 1.29 is 9.53 Å². The second kappa shape index (κ2) is 8.64. The molecule has 7 nitrogen and oxygen atoms in total. The summed E-state index contributed by atoms with van der Waals surface area (Å²) in [4.78, 5) is 40.7. The van der Waals surface area contributed by atoms with Gasteiger partial charge in [0.1, 0.15) is 17.1 Å². The van der Waals surface area contributed by atoms with E-state index in [1.54, 1.807) is 36.4 Å². The van der Waals surface area contributed by atoms with E-state index in [9.17, 15) is 14.4 Å². The minimum Gasteiger partial charge on any atom is -0.495 e. The largest absolute Gasteiger partial charge is 0.495 e. The fraction of sp³-hybridized carbons (Fsp3) is 0.174. The van der Waals surface area contributed by atoms with Crippen molar-refractivity contribution in [1.29, 1.82) is 0 Å². The number of methoxy groups -OCH3 is 1. The number of ether oxygens (including phenoxy) is 1. The van der Waals surface area contributed by atoms with Crippen LogP contribution in [0.3, 0.4) is 0 Å². The molecule has 9 heteroatoms. The highest BCUT2D eigenvalue weighted by atomic mass is 35.5. The Kier molecular flexibility index (Phi) is 5.90. The number of aromatic nitrogens is 2. The maximum atomic E-state index is 13.4. The maximum absolute atomic E-state index is 13.4. The van der Waals surface area contributed by atoms with Gasteiger partial charge in [-0.3, -0.25) is 14.2 Å². The molecule has 1 N–H and O–H groups in total. The summed E-state index contributed by atoms with van der Waals surface area (Å²) < 4.78 is 7.67. The van der Waals surface area contributed by atoms with Gasteiger partial charge in [0.15, 0.2) is 0 Å². The van der Waals surface area contributed by atoms with Gasteiger partial charge >= 0.3 is 5.69 Å². The molecule has 0 atom stereocenters. The summed E-state index contributed by atoms with van der Waals surface area (Å²) >= 11 is 7.37. The quantitative estimate of drug-likeness (QED) is 0.476. The van der Waals surface area contributed by atoms with E-state index < -0.39 is 17.2 Å². The first-order chi connectivity index (χ1) is 15.3. The molecule has 0 radical (unpaired) electrons. The normalized spacial score (nSPS) is 11.0. The summed E-state index contributed by atoms with van der Waals surface area (Å²) in [5, 5.41) is 3.57. The Balaban J connectivity index is 1.82. The van der Waals surface area contributed by atoms with E-state index in [-0.39, 0.29) is 6.54 Å². The highest BCUT2D eigenvalue weighted by Gasteiger charge is 2.19. The number of anilines is 1. The number of hydrogen-bond donors (Lipinski definition) is 1. The molecule has 0 bridgehead atoms. The lowest BCUT2D eigenvalue weighted by atomic mass is 10.2. The van der Waals surface area contributed by atoms with E-state index in [1.807, 2.05) is 19.9 Å². The lowest BCUT2D eigenvalue weighted by molar-refractivity contribution is -0.116. The van der Waals surface area contributed by atoms with E-state index in [1.165, 1.54) is 29.1 Å². The van der Waals surface area contributed by atoms with Crippen LogP contribution in [0.15, 0.2) is 58.1 Å². The first-order valence-corrected chi connectivity index (χ1v) is 10.9. The van der Waals surface area contributed by atoms with Gasteiger partial charge in [-0.05, 0) is 55.8 Å². The summed E-state index contributed by atoms with van der Waals surface area (Å²) in [6.45, 7) is 3.48. The summed E-state index contributed by atoms with van der Waals surface area (Å²) in [5.41, 5.74) is 0.732. The minimum atomic E-state index is -0.613. The van der Waals surface area contributed by atoms with Crippen LogP contribution in [0.5, 0.6) is 5.75 Å². The summed E-state index contributed by atoms with van der Waals surface area (Å²) in [5.74, 6) is 0.0944. The van der Waals surface area contributed by atoms with E-state index in [0.29, 0.717) is 32.4 Å². The Hall–Kier alpha value is -3.36. The molecule has 164 valence electrons. The van der Waals surface area contributed by atoms with E-state index in [4.69, 9.17) is 16.3 Å². The van der Waals surface area contributed by atoms with Crippen molar-refractivity contribution in [3.05, 3.63) is 84.8 Å². The smallest absolute Gasteiger partial charge is 0.337 e. The fourth-order valence-corrected chi connectivity index (χ4v) is 4.68. The number of aryl methyl sites for hydroxylation is 2. The van der Waals surface area contributed by atoms with Crippen LogP contribution in [0.2, 0.25) is 5.02 Å². The third-order valence-corrected chi connectivity index (χ3v) is 6.24. The molecule has 0 aliphatic carbocycles. The summed E-state index contributed by atoms with van der Waals surface area (Å²) in [6.07, 6.45) is 0. The van der Waals surface area contributed by atoms with Crippen molar-refractivity contribution in [3.63, 3.8) is 0 Å². The predicted octanol–water partition coefficient (Wildman–Crippen LogP) is 4.13. The first kappa shape index (κ1) is 21.9. The van der Waals surface area contributed by atoms with Crippen LogP contribution in [0.25, 0.3) is 15.9 Å². The number of nitrogens with zero attached hydrogens (tertiary/aromatic N) is 2. The Morgan fingerprint density at radius 2 is 1.91 bits per heavy atom. The van der Waals surface area contributed by atoms with Crippen LogP contribution >= 0.6 is 22.9 Å². The molecule has 2 aromatic carbocycles. The number of thiophene rings is 1. The average molecular weight is 470 g/mol. The molecule has 0 spiro atoms. The van der Waals surface area contributed by atoms with Gasteiger partial charge in [-0.1, -0.05) is 23.7 Å². The third-order valence-electron chi connectivity index (χ3n) is 4.93. The van der Waals surface area contributed by atoms with E-state index in [2.05, 4.69) is 5.32 Å². The van der Waals surface area contributed by atoms with Gasteiger partial charge in [0.05, 0.1) is 23.9 Å². The van der Waals surface area contributed by atoms with E-state index >= 15 is 0 Å². The second-order valence-electron chi connectivity index (χ2n) is 7.32. The molecule has 1 amide bonds. The highest BCUT2D eigenvalue weighted by Crippen LogP contribution is 2.26. The van der Waals surface area contributed by atoms with Gasteiger partial charge in [-0.2, -0.15) is 0 Å². The van der Waals surface area contributed by atoms with Crippen molar-refractivity contribution >= 4 is 44.7 Å². The van der Waals surface area contributed by atoms with E-state index in [0.717, 1.165) is 15.0 Å². The SMILES string of the molecule is COc1ccc(C)cc1NC(=O)Cn1c(=O)n(-c2cccc(Cl)c2)c(=O)c2cc(C)sc21. The first-order valence-electron chi connectivity index (χ1n) is 9.75. The Bertz CT molecular complexity index is 1470. The predicted molar refractivity (Wildman–Crippen MR) is 128 cm³/mol. The number of nitrogens with one attached hydrogen (secondary N) is 1. The zero-order valence-electron chi connectivity index (χ0n) is 17.6. The zero-order chi connectivity index (χ0) is 23.0. The highest BCUT2D eigenvalue weighted by molar-refractivity contribution is 7.18. The Labute approximate surface area is 192 Å². The minimum absolute atomic E-state index is 0.271. The van der Waals surface area contributed by atoms with Crippen LogP contribution in [0.1, 0.15) is 10.4 Å². The molecule has 2 heterocycles. The molecule has 2 aromatic heterocycles. The van der Waals surface area contributed by atoms with Gasteiger partial charge in [-0.15, -0.1) is 11.3 Å². The van der Waals surface area contributed by atoms with Crippen molar-refractivity contribution in [2.45, 2.75) is 20.4 Å². The number of carbonyl (C=O) groups excluding carboxylic acids is 1. The van der Waals surface area contributed by atoms with Crippen LogP contribution in [0, 0.1) is 13.8 Å². The van der Waals surface area contributed by atoms with Crippen molar-refractivity contribution in [2.24, 2.45) is 0 Å². The molecule has 4 rings (SSSR count).